The highest BCUT2D eigenvalue weighted by atomic mass is 32.2. The van der Waals surface area contributed by atoms with Gasteiger partial charge in [-0.05, 0) is 32.1 Å². The zero-order valence-corrected chi connectivity index (χ0v) is 22.4. The Balaban J connectivity index is 1.53. The number of aromatic nitrogens is 2. The number of carbonyl (C=O) groups excluding carboxylic acids is 2. The molecule has 0 spiro atoms. The van der Waals surface area contributed by atoms with Crippen molar-refractivity contribution < 1.29 is 34.2 Å². The summed E-state index contributed by atoms with van der Waals surface area (Å²) < 4.78 is 0. The monoisotopic (exact) mass is 578 g/mol. The summed E-state index contributed by atoms with van der Waals surface area (Å²) in [4.78, 5) is 64.6. The lowest BCUT2D eigenvalue weighted by molar-refractivity contribution is -0.161. The number of anilines is 1. The van der Waals surface area contributed by atoms with Gasteiger partial charge in [-0.1, -0.05) is 5.16 Å². The van der Waals surface area contributed by atoms with Crippen molar-refractivity contribution in [2.75, 3.05) is 11.5 Å². The number of oxime groups is 1. The fraction of sp³-hybridized carbons (Fsp3) is 0.318. The second kappa shape index (κ2) is 11.0. The van der Waals surface area contributed by atoms with E-state index < -0.39 is 40.8 Å². The van der Waals surface area contributed by atoms with Crippen LogP contribution in [0.1, 0.15) is 19.5 Å². The van der Waals surface area contributed by atoms with Crippen molar-refractivity contribution >= 4 is 69.5 Å². The number of rotatable bonds is 10. The van der Waals surface area contributed by atoms with Crippen LogP contribution in [-0.2, 0) is 24.0 Å². The standard InChI is InChI=1S/C22H22N6O7S3/c1-22(2,20(33)34)35-27-14(12-9-37-21(23)25-12)16(29)26-15-17(30)28-13(19(31)32)6-11(38-18(15)28)8-36-10-4-3-5-24-7-10/h3-7,9,11,15,18H,8H2,1-2H3,(H2,23,25)(H,26,29)(H,31,32)(H,33,34)/t11?,15-,18-/m1/s1. The summed E-state index contributed by atoms with van der Waals surface area (Å²) in [5.41, 5.74) is 3.42. The first-order valence-electron chi connectivity index (χ1n) is 11.0. The third kappa shape index (κ3) is 5.76. The molecule has 0 aliphatic carbocycles. The molecule has 2 aliphatic rings. The van der Waals surface area contributed by atoms with Gasteiger partial charge in [0.1, 0.15) is 22.8 Å². The van der Waals surface area contributed by atoms with E-state index in [-0.39, 0.29) is 27.5 Å². The predicted molar refractivity (Wildman–Crippen MR) is 140 cm³/mol. The molecule has 2 aliphatic heterocycles. The Kier molecular flexibility index (Phi) is 7.94. The number of hydrogen-bond acceptors (Lipinski definition) is 12. The Labute approximate surface area is 228 Å². The Morgan fingerprint density at radius 1 is 1.34 bits per heavy atom. The first-order chi connectivity index (χ1) is 18.0. The maximum atomic E-state index is 13.2. The van der Waals surface area contributed by atoms with Crippen LogP contribution in [0.15, 0.2) is 51.7 Å². The summed E-state index contributed by atoms with van der Waals surface area (Å²) in [5.74, 6) is -3.52. The highest BCUT2D eigenvalue weighted by Crippen LogP contribution is 2.42. The number of hydrogen-bond donors (Lipinski definition) is 4. The molecular weight excluding hydrogens is 556 g/mol. The number of nitrogens with zero attached hydrogens (tertiary/aromatic N) is 4. The maximum Gasteiger partial charge on any atom is 0.352 e. The summed E-state index contributed by atoms with van der Waals surface area (Å²) in [6.45, 7) is 2.50. The number of amides is 2. The van der Waals surface area contributed by atoms with Crippen LogP contribution in [0, 0.1) is 0 Å². The fourth-order valence-electron chi connectivity index (χ4n) is 3.35. The van der Waals surface area contributed by atoms with Gasteiger partial charge >= 0.3 is 11.9 Å². The van der Waals surface area contributed by atoms with E-state index in [1.54, 1.807) is 18.5 Å². The molecule has 2 amide bonds. The molecule has 3 atom stereocenters. The number of carbonyl (C=O) groups is 4. The first-order valence-corrected chi connectivity index (χ1v) is 13.8. The van der Waals surface area contributed by atoms with Gasteiger partial charge in [-0.25, -0.2) is 14.6 Å². The minimum absolute atomic E-state index is 0.0305. The number of thiazole rings is 1. The predicted octanol–water partition coefficient (Wildman–Crippen LogP) is 1.23. The number of pyridine rings is 1. The van der Waals surface area contributed by atoms with Gasteiger partial charge in [0.15, 0.2) is 10.8 Å². The van der Waals surface area contributed by atoms with Gasteiger partial charge in [0.2, 0.25) is 5.60 Å². The van der Waals surface area contributed by atoms with E-state index in [1.807, 2.05) is 6.07 Å². The van der Waals surface area contributed by atoms with Crippen molar-refractivity contribution in [3.63, 3.8) is 0 Å². The molecule has 0 saturated carbocycles. The molecule has 2 aromatic heterocycles. The van der Waals surface area contributed by atoms with Crippen molar-refractivity contribution in [1.29, 1.82) is 0 Å². The average Bonchev–Trinajstić information content (AvgIpc) is 3.31. The molecule has 200 valence electrons. The lowest BCUT2D eigenvalue weighted by Gasteiger charge is -2.49. The molecule has 0 bridgehead atoms. The van der Waals surface area contributed by atoms with Gasteiger partial charge in [-0.2, -0.15) is 0 Å². The van der Waals surface area contributed by atoms with Crippen LogP contribution in [0.4, 0.5) is 5.13 Å². The van der Waals surface area contributed by atoms with Gasteiger partial charge in [-0.3, -0.25) is 19.5 Å². The molecular formula is C22H22N6O7S3. The average molecular weight is 579 g/mol. The number of aliphatic carboxylic acids is 2. The SMILES string of the molecule is CC(C)(ON=C(C(=O)N[C@@H]1C(=O)N2C(C(=O)O)=CC(CSc3cccnc3)S[C@H]12)c1csc(N)n1)C(=O)O. The number of nitrogens with one attached hydrogen (secondary N) is 1. The van der Waals surface area contributed by atoms with E-state index >= 15 is 0 Å². The summed E-state index contributed by atoms with van der Waals surface area (Å²) in [5, 5.41) is 25.9. The molecule has 16 heteroatoms. The summed E-state index contributed by atoms with van der Waals surface area (Å²) in [6.07, 6.45) is 4.87. The van der Waals surface area contributed by atoms with Crippen molar-refractivity contribution in [2.45, 2.75) is 41.0 Å². The topological polar surface area (TPSA) is 197 Å². The number of thioether (sulfide) groups is 2. The first kappa shape index (κ1) is 27.4. The highest BCUT2D eigenvalue weighted by molar-refractivity contribution is 8.04. The van der Waals surface area contributed by atoms with Crippen molar-refractivity contribution in [3.8, 4) is 0 Å². The van der Waals surface area contributed by atoms with E-state index in [0.717, 1.165) is 21.1 Å². The number of β-lactam (4-membered cyclic amide) rings is 1. The third-order valence-corrected chi connectivity index (χ3v) is 8.77. The van der Waals surface area contributed by atoms with Crippen molar-refractivity contribution in [3.05, 3.63) is 47.4 Å². The molecule has 4 heterocycles. The van der Waals surface area contributed by atoms with Gasteiger partial charge in [0.25, 0.3) is 11.8 Å². The van der Waals surface area contributed by atoms with Crippen LogP contribution in [0.3, 0.4) is 0 Å². The Morgan fingerprint density at radius 2 is 2.11 bits per heavy atom. The van der Waals surface area contributed by atoms with Crippen LogP contribution >= 0.6 is 34.9 Å². The zero-order valence-electron chi connectivity index (χ0n) is 19.9. The molecule has 4 rings (SSSR count). The van der Waals surface area contributed by atoms with Crippen LogP contribution in [0.2, 0.25) is 0 Å². The van der Waals surface area contributed by atoms with Crippen LogP contribution < -0.4 is 11.1 Å². The summed E-state index contributed by atoms with van der Waals surface area (Å²) in [6, 6.07) is 2.62. The normalized spacial score (nSPS) is 21.2. The second-order valence-corrected chi connectivity index (χ2v) is 11.8. The quantitative estimate of drug-likeness (QED) is 0.136. The van der Waals surface area contributed by atoms with E-state index in [2.05, 4.69) is 20.4 Å². The van der Waals surface area contributed by atoms with Gasteiger partial charge in [0, 0.05) is 33.7 Å². The lowest BCUT2D eigenvalue weighted by Crippen LogP contribution is -2.71. The smallest absolute Gasteiger partial charge is 0.352 e. The second-order valence-electron chi connectivity index (χ2n) is 8.50. The Morgan fingerprint density at radius 3 is 2.71 bits per heavy atom. The molecule has 1 fully saturated rings. The van der Waals surface area contributed by atoms with Crippen LogP contribution in [0.5, 0.6) is 0 Å². The molecule has 0 aromatic carbocycles. The van der Waals surface area contributed by atoms with Crippen LogP contribution in [-0.4, -0.2) is 82.6 Å². The number of nitrogen functional groups attached to an aromatic ring is 1. The molecule has 2 aromatic rings. The number of nitrogens with two attached hydrogens (primary N) is 1. The molecule has 1 unspecified atom stereocenters. The molecule has 13 nitrogen and oxygen atoms in total. The minimum atomic E-state index is -1.75. The van der Waals surface area contributed by atoms with Gasteiger partial charge in [0.05, 0.1) is 0 Å². The van der Waals surface area contributed by atoms with E-state index in [4.69, 9.17) is 10.6 Å². The summed E-state index contributed by atoms with van der Waals surface area (Å²) >= 11 is 3.85. The van der Waals surface area contributed by atoms with E-state index in [0.29, 0.717) is 5.75 Å². The van der Waals surface area contributed by atoms with Crippen molar-refractivity contribution in [1.82, 2.24) is 20.2 Å². The highest BCUT2D eigenvalue weighted by Gasteiger charge is 2.54. The van der Waals surface area contributed by atoms with Crippen molar-refractivity contribution in [2.24, 2.45) is 5.16 Å². The molecule has 5 N–H and O–H groups in total. The molecule has 1 saturated heterocycles. The Bertz CT molecular complexity index is 1330. The maximum absolute atomic E-state index is 13.2. The van der Waals surface area contributed by atoms with Gasteiger partial charge < -0.3 is 26.1 Å². The molecule has 38 heavy (non-hydrogen) atoms. The molecule has 0 radical (unpaired) electrons. The Hall–Kier alpha value is -3.63. The number of carboxylic acid groups (broad SMARTS) is 2. The minimum Gasteiger partial charge on any atom is -0.478 e. The largest absolute Gasteiger partial charge is 0.478 e. The lowest BCUT2D eigenvalue weighted by atomic mass is 10.0. The number of fused-ring (bicyclic) bond motifs is 1. The van der Waals surface area contributed by atoms with E-state index in [9.17, 15) is 29.4 Å². The third-order valence-electron chi connectivity index (χ3n) is 5.37. The summed E-state index contributed by atoms with van der Waals surface area (Å²) in [7, 11) is 0. The van der Waals surface area contributed by atoms with E-state index in [1.165, 1.54) is 48.8 Å². The number of carboxylic acids is 2. The fourth-order valence-corrected chi connectivity index (χ4v) is 6.42. The zero-order chi connectivity index (χ0) is 27.6. The van der Waals surface area contributed by atoms with Gasteiger partial charge in [-0.15, -0.1) is 34.9 Å². The van der Waals surface area contributed by atoms with Crippen LogP contribution in [0.25, 0.3) is 0 Å².